The summed E-state index contributed by atoms with van der Waals surface area (Å²) in [6.45, 7) is 0. The number of carbonyl (C=O) groups is 1. The Labute approximate surface area is 156 Å². The van der Waals surface area contributed by atoms with Gasteiger partial charge >= 0.3 is 0 Å². The Bertz CT molecular complexity index is 961. The maximum Gasteiger partial charge on any atom is 0.201 e. The van der Waals surface area contributed by atoms with Gasteiger partial charge in [-0.05, 0) is 29.8 Å². The number of ketones is 1. The van der Waals surface area contributed by atoms with Crippen molar-refractivity contribution >= 4 is 27.8 Å². The minimum Gasteiger partial charge on any atom is -0.288 e. The number of allylic oxidation sites excluding steroid dienone is 1. The molecule has 0 bridgehead atoms. The van der Waals surface area contributed by atoms with Crippen molar-refractivity contribution in [1.82, 2.24) is 0 Å². The Hall–Kier alpha value is -2.89. The Kier molecular flexibility index (Phi) is 5.61. The summed E-state index contributed by atoms with van der Waals surface area (Å²) in [6.07, 6.45) is 1.83. The first kappa shape index (κ1) is 17.0. The molecule has 0 atom stereocenters. The van der Waals surface area contributed by atoms with Crippen LogP contribution in [0.2, 0.25) is 0 Å². The van der Waals surface area contributed by atoms with Crippen molar-refractivity contribution < 1.29 is 4.79 Å². The first-order chi connectivity index (χ1) is 12.2. The fourth-order valence-electron chi connectivity index (χ4n) is 2.31. The molecule has 1 nitrogen and oxygen atoms in total. The number of benzene rings is 3. The second-order valence-electron chi connectivity index (χ2n) is 5.39. The minimum atomic E-state index is -0.0835. The molecule has 0 aromatic heterocycles. The molecule has 120 valence electrons. The van der Waals surface area contributed by atoms with E-state index in [1.807, 2.05) is 78.9 Å². The largest absolute Gasteiger partial charge is 0.288 e. The molecule has 0 aliphatic rings. The van der Waals surface area contributed by atoms with E-state index in [0.29, 0.717) is 11.1 Å². The van der Waals surface area contributed by atoms with Gasteiger partial charge in [0.1, 0.15) is 0 Å². The van der Waals surface area contributed by atoms with Gasteiger partial charge in [0.05, 0.1) is 5.57 Å². The van der Waals surface area contributed by atoms with Crippen molar-refractivity contribution in [2.24, 2.45) is 0 Å². The van der Waals surface area contributed by atoms with E-state index < -0.39 is 0 Å². The summed E-state index contributed by atoms with van der Waals surface area (Å²) in [4.78, 5) is 12.9. The van der Waals surface area contributed by atoms with Crippen LogP contribution in [0.25, 0.3) is 6.08 Å². The van der Waals surface area contributed by atoms with Gasteiger partial charge in [-0.2, -0.15) is 0 Å². The fourth-order valence-corrected chi connectivity index (χ4v) is 2.71. The molecule has 0 aliphatic heterocycles. The van der Waals surface area contributed by atoms with Crippen molar-refractivity contribution in [1.29, 1.82) is 0 Å². The molecule has 0 N–H and O–H groups in total. The van der Waals surface area contributed by atoms with E-state index in [9.17, 15) is 4.79 Å². The van der Waals surface area contributed by atoms with Gasteiger partial charge < -0.3 is 0 Å². The summed E-state index contributed by atoms with van der Waals surface area (Å²) in [7, 11) is 0. The molecule has 3 aromatic carbocycles. The first-order valence-electron chi connectivity index (χ1n) is 7.87. The molecule has 0 saturated heterocycles. The van der Waals surface area contributed by atoms with Gasteiger partial charge in [-0.15, -0.1) is 0 Å². The van der Waals surface area contributed by atoms with Crippen molar-refractivity contribution in [3.8, 4) is 11.8 Å². The number of carbonyl (C=O) groups excluding carboxylic acids is 1. The minimum absolute atomic E-state index is 0.0835. The maximum absolute atomic E-state index is 12.9. The van der Waals surface area contributed by atoms with Crippen LogP contribution >= 0.6 is 15.9 Å². The Morgan fingerprint density at radius 1 is 0.800 bits per heavy atom. The van der Waals surface area contributed by atoms with E-state index in [4.69, 9.17) is 0 Å². The van der Waals surface area contributed by atoms with E-state index in [0.717, 1.165) is 15.6 Å². The fraction of sp³-hybridized carbons (Fsp3) is 0. The van der Waals surface area contributed by atoms with Gasteiger partial charge in [-0.25, -0.2) is 0 Å². The van der Waals surface area contributed by atoms with Crippen LogP contribution in [0.15, 0.2) is 95.0 Å². The van der Waals surface area contributed by atoms with Crippen molar-refractivity contribution in [3.05, 3.63) is 112 Å². The quantitative estimate of drug-likeness (QED) is 0.317. The standard InChI is InChI=1S/C23H15BrO/c24-22-14-8-7-13-20(22)17-21(16-15-18-9-3-1-4-10-18)23(25)19-11-5-2-6-12-19/h1-14,17H/b21-17+. The predicted octanol–water partition coefficient (Wildman–Crippen LogP) is 5.77. The highest BCUT2D eigenvalue weighted by Gasteiger charge is 2.11. The molecular weight excluding hydrogens is 372 g/mol. The van der Waals surface area contributed by atoms with E-state index in [1.54, 1.807) is 12.1 Å². The predicted molar refractivity (Wildman–Crippen MR) is 106 cm³/mol. The number of rotatable bonds is 3. The Balaban J connectivity index is 2.04. The second-order valence-corrected chi connectivity index (χ2v) is 6.25. The second kappa shape index (κ2) is 8.28. The van der Waals surface area contributed by atoms with E-state index in [2.05, 4.69) is 27.8 Å². The summed E-state index contributed by atoms with van der Waals surface area (Å²) >= 11 is 3.52. The number of hydrogen-bond donors (Lipinski definition) is 0. The topological polar surface area (TPSA) is 17.1 Å². The summed E-state index contributed by atoms with van der Waals surface area (Å²) in [5.74, 6) is 6.05. The summed E-state index contributed by atoms with van der Waals surface area (Å²) in [5, 5.41) is 0. The zero-order valence-corrected chi connectivity index (χ0v) is 15.0. The zero-order chi connectivity index (χ0) is 17.5. The van der Waals surface area contributed by atoms with Gasteiger partial charge in [-0.1, -0.05) is 94.5 Å². The molecule has 0 amide bonds. The zero-order valence-electron chi connectivity index (χ0n) is 13.4. The van der Waals surface area contributed by atoms with E-state index in [1.165, 1.54) is 0 Å². The van der Waals surface area contributed by atoms with Crippen LogP contribution in [-0.2, 0) is 0 Å². The lowest BCUT2D eigenvalue weighted by Crippen LogP contribution is -2.02. The van der Waals surface area contributed by atoms with Crippen molar-refractivity contribution in [2.45, 2.75) is 0 Å². The average Bonchev–Trinajstić information content (AvgIpc) is 2.67. The summed E-state index contributed by atoms with van der Waals surface area (Å²) in [6, 6.07) is 26.6. The monoisotopic (exact) mass is 386 g/mol. The molecular formula is C23H15BrO. The van der Waals surface area contributed by atoms with Crippen molar-refractivity contribution in [2.75, 3.05) is 0 Å². The maximum atomic E-state index is 12.9. The smallest absolute Gasteiger partial charge is 0.201 e. The molecule has 0 unspecified atom stereocenters. The van der Waals surface area contributed by atoms with Crippen LogP contribution in [-0.4, -0.2) is 5.78 Å². The third-order valence-corrected chi connectivity index (χ3v) is 4.32. The summed E-state index contributed by atoms with van der Waals surface area (Å²) < 4.78 is 0.926. The highest BCUT2D eigenvalue weighted by Crippen LogP contribution is 2.20. The molecule has 0 heterocycles. The van der Waals surface area contributed by atoms with Crippen LogP contribution in [0.3, 0.4) is 0 Å². The summed E-state index contributed by atoms with van der Waals surface area (Å²) in [5.41, 5.74) is 2.88. The molecule has 3 aromatic rings. The van der Waals surface area contributed by atoms with Gasteiger partial charge in [0.2, 0.25) is 5.78 Å². The van der Waals surface area contributed by atoms with Gasteiger partial charge in [0.15, 0.2) is 0 Å². The molecule has 0 saturated carbocycles. The first-order valence-corrected chi connectivity index (χ1v) is 8.66. The molecule has 0 aliphatic carbocycles. The van der Waals surface area contributed by atoms with Gasteiger partial charge in [-0.3, -0.25) is 4.79 Å². The normalized spacial score (nSPS) is 10.7. The number of hydrogen-bond acceptors (Lipinski definition) is 1. The molecule has 0 spiro atoms. The van der Waals surface area contributed by atoms with Gasteiger partial charge in [0.25, 0.3) is 0 Å². The molecule has 2 heteroatoms. The molecule has 25 heavy (non-hydrogen) atoms. The highest BCUT2D eigenvalue weighted by molar-refractivity contribution is 9.10. The van der Waals surface area contributed by atoms with E-state index >= 15 is 0 Å². The van der Waals surface area contributed by atoms with Crippen LogP contribution in [0, 0.1) is 11.8 Å². The van der Waals surface area contributed by atoms with E-state index in [-0.39, 0.29) is 5.78 Å². The third kappa shape index (κ3) is 4.56. The lowest BCUT2D eigenvalue weighted by atomic mass is 10.0. The SMILES string of the molecule is O=C(/C(C#Cc1ccccc1)=C/c1ccccc1Br)c1ccccc1. The van der Waals surface area contributed by atoms with Gasteiger partial charge in [0, 0.05) is 15.6 Å². The number of Topliss-reactive ketones (excluding diaryl/α,β-unsaturated/α-hetero) is 1. The van der Waals surface area contributed by atoms with Crippen LogP contribution in [0.4, 0.5) is 0 Å². The highest BCUT2D eigenvalue weighted by atomic mass is 79.9. The third-order valence-electron chi connectivity index (χ3n) is 3.60. The van der Waals surface area contributed by atoms with Crippen LogP contribution < -0.4 is 0 Å². The molecule has 0 radical (unpaired) electrons. The molecule has 3 rings (SSSR count). The lowest BCUT2D eigenvalue weighted by Gasteiger charge is -2.03. The Morgan fingerprint density at radius 3 is 2.08 bits per heavy atom. The molecule has 0 fully saturated rings. The number of halogens is 1. The van der Waals surface area contributed by atoms with Crippen LogP contribution in [0.1, 0.15) is 21.5 Å². The lowest BCUT2D eigenvalue weighted by molar-refractivity contribution is 0.104. The average molecular weight is 387 g/mol. The van der Waals surface area contributed by atoms with Crippen molar-refractivity contribution in [3.63, 3.8) is 0 Å². The Morgan fingerprint density at radius 2 is 1.40 bits per heavy atom. The van der Waals surface area contributed by atoms with Crippen LogP contribution in [0.5, 0.6) is 0 Å².